The second-order valence-corrected chi connectivity index (χ2v) is 4.96. The van der Waals surface area contributed by atoms with E-state index in [2.05, 4.69) is 13.8 Å². The van der Waals surface area contributed by atoms with Crippen molar-refractivity contribution in [2.75, 3.05) is 7.11 Å². The smallest absolute Gasteiger partial charge is 0.165 e. The standard InChI is InChI=1S/C14H22FNO2.ClH/c1-9(2)4-6-12(17)14(16)10-5-7-13(18-3)11(15)8-10;/h5,7-9,12,14,17H,4,6,16H2,1-3H3;1H/t12-,14+;/m0./s1. The normalized spacial score (nSPS) is 13.8. The van der Waals surface area contributed by atoms with Crippen molar-refractivity contribution in [3.8, 4) is 5.75 Å². The van der Waals surface area contributed by atoms with E-state index < -0.39 is 18.0 Å². The van der Waals surface area contributed by atoms with Crippen molar-refractivity contribution < 1.29 is 14.2 Å². The topological polar surface area (TPSA) is 55.5 Å². The molecule has 0 aliphatic carbocycles. The largest absolute Gasteiger partial charge is 0.494 e. The van der Waals surface area contributed by atoms with Crippen molar-refractivity contribution in [3.05, 3.63) is 29.6 Å². The van der Waals surface area contributed by atoms with Crippen molar-refractivity contribution >= 4 is 12.4 Å². The van der Waals surface area contributed by atoms with Gasteiger partial charge >= 0.3 is 0 Å². The van der Waals surface area contributed by atoms with Crippen LogP contribution < -0.4 is 10.5 Å². The van der Waals surface area contributed by atoms with Gasteiger partial charge in [0.05, 0.1) is 19.3 Å². The zero-order valence-corrected chi connectivity index (χ0v) is 12.4. The summed E-state index contributed by atoms with van der Waals surface area (Å²) in [5.74, 6) is 0.239. The van der Waals surface area contributed by atoms with Gasteiger partial charge in [0.15, 0.2) is 11.6 Å². The molecule has 0 spiro atoms. The molecule has 2 atom stereocenters. The number of ether oxygens (including phenoxy) is 1. The monoisotopic (exact) mass is 291 g/mol. The molecule has 0 fully saturated rings. The van der Waals surface area contributed by atoms with Crippen LogP contribution >= 0.6 is 12.4 Å². The van der Waals surface area contributed by atoms with Crippen molar-refractivity contribution in [2.45, 2.75) is 38.8 Å². The van der Waals surface area contributed by atoms with Crippen LogP contribution in [0.4, 0.5) is 4.39 Å². The maximum Gasteiger partial charge on any atom is 0.165 e. The van der Waals surface area contributed by atoms with Crippen LogP contribution in [-0.4, -0.2) is 18.3 Å². The Bertz CT molecular complexity index is 388. The Kier molecular flexibility index (Phi) is 7.99. The van der Waals surface area contributed by atoms with Gasteiger partial charge in [-0.1, -0.05) is 19.9 Å². The second kappa shape index (κ2) is 8.35. The number of aliphatic hydroxyl groups is 1. The van der Waals surface area contributed by atoms with Crippen LogP contribution in [0.1, 0.15) is 38.3 Å². The molecule has 0 aromatic heterocycles. The number of hydrogen-bond donors (Lipinski definition) is 2. The Labute approximate surface area is 120 Å². The van der Waals surface area contributed by atoms with Gasteiger partial charge in [-0.25, -0.2) is 4.39 Å². The van der Waals surface area contributed by atoms with Gasteiger partial charge in [0.1, 0.15) is 0 Å². The maximum atomic E-state index is 13.5. The van der Waals surface area contributed by atoms with Crippen LogP contribution in [0.2, 0.25) is 0 Å². The summed E-state index contributed by atoms with van der Waals surface area (Å²) in [6.07, 6.45) is 0.861. The lowest BCUT2D eigenvalue weighted by Crippen LogP contribution is -2.26. The minimum atomic E-state index is -0.653. The SMILES string of the molecule is COc1ccc([C@@H](N)[C@@H](O)CCC(C)C)cc1F.Cl. The number of rotatable bonds is 6. The van der Waals surface area contributed by atoms with E-state index in [0.29, 0.717) is 17.9 Å². The lowest BCUT2D eigenvalue weighted by Gasteiger charge is -2.20. The molecular weight excluding hydrogens is 269 g/mol. The Hall–Kier alpha value is -0.840. The van der Waals surface area contributed by atoms with E-state index in [1.807, 2.05) is 0 Å². The Balaban J connectivity index is 0.00000324. The van der Waals surface area contributed by atoms with Crippen molar-refractivity contribution in [1.82, 2.24) is 0 Å². The average Bonchev–Trinajstić information content (AvgIpc) is 2.34. The van der Waals surface area contributed by atoms with Crippen LogP contribution in [0, 0.1) is 11.7 Å². The van der Waals surface area contributed by atoms with Gasteiger partial charge in [-0.3, -0.25) is 0 Å². The van der Waals surface area contributed by atoms with Gasteiger partial charge in [-0.2, -0.15) is 0 Å². The second-order valence-electron chi connectivity index (χ2n) is 4.96. The first-order valence-corrected chi connectivity index (χ1v) is 6.22. The minimum absolute atomic E-state index is 0. The van der Waals surface area contributed by atoms with Gasteiger partial charge < -0.3 is 15.6 Å². The van der Waals surface area contributed by atoms with Crippen LogP contribution in [0.5, 0.6) is 5.75 Å². The molecule has 5 heteroatoms. The number of methoxy groups -OCH3 is 1. The molecule has 0 amide bonds. The molecule has 1 rings (SSSR count). The highest BCUT2D eigenvalue weighted by atomic mass is 35.5. The average molecular weight is 292 g/mol. The molecule has 0 bridgehead atoms. The fourth-order valence-corrected chi connectivity index (χ4v) is 1.80. The number of aliphatic hydroxyl groups excluding tert-OH is 1. The molecule has 19 heavy (non-hydrogen) atoms. The van der Waals surface area contributed by atoms with Gasteiger partial charge in [-0.05, 0) is 36.5 Å². The first-order valence-electron chi connectivity index (χ1n) is 6.22. The molecule has 110 valence electrons. The number of halogens is 2. The summed E-state index contributed by atoms with van der Waals surface area (Å²) in [6.45, 7) is 4.18. The third kappa shape index (κ3) is 5.35. The summed E-state index contributed by atoms with van der Waals surface area (Å²) in [5.41, 5.74) is 6.52. The molecule has 3 N–H and O–H groups in total. The Morgan fingerprint density at radius 2 is 1.95 bits per heavy atom. The lowest BCUT2D eigenvalue weighted by atomic mass is 9.96. The predicted molar refractivity (Wildman–Crippen MR) is 77.2 cm³/mol. The van der Waals surface area contributed by atoms with E-state index in [-0.39, 0.29) is 18.2 Å². The quantitative estimate of drug-likeness (QED) is 0.847. The van der Waals surface area contributed by atoms with E-state index in [1.54, 1.807) is 6.07 Å². The minimum Gasteiger partial charge on any atom is -0.494 e. The zero-order valence-electron chi connectivity index (χ0n) is 11.6. The fraction of sp³-hybridized carbons (Fsp3) is 0.571. The molecule has 0 unspecified atom stereocenters. The molecular formula is C14H23ClFNO2. The number of nitrogens with two attached hydrogens (primary N) is 1. The molecule has 0 saturated carbocycles. The number of hydrogen-bond acceptors (Lipinski definition) is 3. The summed E-state index contributed by atoms with van der Waals surface area (Å²) in [6, 6.07) is 3.97. The molecule has 1 aromatic carbocycles. The van der Waals surface area contributed by atoms with E-state index >= 15 is 0 Å². The van der Waals surface area contributed by atoms with E-state index in [1.165, 1.54) is 19.2 Å². The molecule has 3 nitrogen and oxygen atoms in total. The molecule has 0 radical (unpaired) electrons. The Morgan fingerprint density at radius 3 is 2.42 bits per heavy atom. The van der Waals surface area contributed by atoms with E-state index in [9.17, 15) is 9.50 Å². The first kappa shape index (κ1) is 18.2. The highest BCUT2D eigenvalue weighted by molar-refractivity contribution is 5.85. The highest BCUT2D eigenvalue weighted by Crippen LogP contribution is 2.24. The van der Waals surface area contributed by atoms with Crippen LogP contribution in [0.3, 0.4) is 0 Å². The molecule has 0 saturated heterocycles. The van der Waals surface area contributed by atoms with Crippen molar-refractivity contribution in [3.63, 3.8) is 0 Å². The molecule has 0 aliphatic rings. The maximum absolute atomic E-state index is 13.5. The third-order valence-corrected chi connectivity index (χ3v) is 3.02. The third-order valence-electron chi connectivity index (χ3n) is 3.02. The summed E-state index contributed by atoms with van der Waals surface area (Å²) in [7, 11) is 1.41. The Morgan fingerprint density at radius 1 is 1.32 bits per heavy atom. The predicted octanol–water partition coefficient (Wildman–Crippen LogP) is 3.05. The van der Waals surface area contributed by atoms with Gasteiger partial charge in [-0.15, -0.1) is 12.4 Å². The van der Waals surface area contributed by atoms with E-state index in [0.717, 1.165) is 6.42 Å². The highest BCUT2D eigenvalue weighted by Gasteiger charge is 2.18. The summed E-state index contributed by atoms with van der Waals surface area (Å²) >= 11 is 0. The van der Waals surface area contributed by atoms with Crippen LogP contribution in [-0.2, 0) is 0 Å². The zero-order chi connectivity index (χ0) is 13.7. The lowest BCUT2D eigenvalue weighted by molar-refractivity contribution is 0.128. The summed E-state index contributed by atoms with van der Waals surface area (Å²) in [5, 5.41) is 9.96. The van der Waals surface area contributed by atoms with Crippen LogP contribution in [0.15, 0.2) is 18.2 Å². The molecule has 0 aliphatic heterocycles. The van der Waals surface area contributed by atoms with Crippen LogP contribution in [0.25, 0.3) is 0 Å². The molecule has 0 heterocycles. The van der Waals surface area contributed by atoms with Gasteiger partial charge in [0.2, 0.25) is 0 Å². The van der Waals surface area contributed by atoms with Gasteiger partial charge in [0.25, 0.3) is 0 Å². The van der Waals surface area contributed by atoms with E-state index in [4.69, 9.17) is 10.5 Å². The number of benzene rings is 1. The van der Waals surface area contributed by atoms with Crippen molar-refractivity contribution in [2.24, 2.45) is 11.7 Å². The summed E-state index contributed by atoms with van der Waals surface area (Å²) < 4.78 is 18.4. The fourth-order valence-electron chi connectivity index (χ4n) is 1.80. The summed E-state index contributed by atoms with van der Waals surface area (Å²) in [4.78, 5) is 0. The molecule has 1 aromatic rings. The first-order chi connectivity index (χ1) is 8.45. The van der Waals surface area contributed by atoms with Gasteiger partial charge in [0, 0.05) is 0 Å². The van der Waals surface area contributed by atoms with Crippen molar-refractivity contribution in [1.29, 1.82) is 0 Å².